The number of ether oxygens (including phenoxy) is 1. The normalized spacial score (nSPS) is 11.7. The predicted molar refractivity (Wildman–Crippen MR) is 88.9 cm³/mol. The molecule has 0 spiro atoms. The number of fused-ring (bicyclic) bond motifs is 1. The largest absolute Gasteiger partial charge is 0.462 e. The average Bonchev–Trinajstić information content (AvgIpc) is 2.93. The first kappa shape index (κ1) is 17.8. The van der Waals surface area contributed by atoms with Crippen molar-refractivity contribution < 1.29 is 22.7 Å². The van der Waals surface area contributed by atoms with Crippen LogP contribution in [0.3, 0.4) is 0 Å². The van der Waals surface area contributed by atoms with E-state index in [1.54, 1.807) is 24.3 Å². The van der Waals surface area contributed by atoms with E-state index in [1.807, 2.05) is 0 Å². The molecule has 0 bridgehead atoms. The fraction of sp³-hybridized carbons (Fsp3) is 0.222. The van der Waals surface area contributed by atoms with Gasteiger partial charge in [0.05, 0.1) is 28.8 Å². The minimum atomic E-state index is -4.63. The maximum Gasteiger partial charge on any atom is 0.417 e. The molecule has 26 heavy (non-hydrogen) atoms. The topological polar surface area (TPSA) is 64.1 Å². The maximum absolute atomic E-state index is 12.9. The van der Waals surface area contributed by atoms with Crippen LogP contribution in [0.4, 0.5) is 13.2 Å². The SMILES string of the molecule is O=C(OCCCn1c(=O)[nH]c2ccccc21)c1ccccc1C(F)(F)F. The van der Waals surface area contributed by atoms with Crippen molar-refractivity contribution in [2.24, 2.45) is 0 Å². The monoisotopic (exact) mass is 364 g/mol. The standard InChI is InChI=1S/C18H15F3N2O3/c19-18(20,21)13-7-2-1-6-12(13)16(24)26-11-5-10-23-15-9-4-3-8-14(15)22-17(23)25/h1-4,6-9H,5,10-11H2,(H,22,25). The molecule has 0 aliphatic heterocycles. The Kier molecular flexibility index (Phi) is 4.83. The van der Waals surface area contributed by atoms with Crippen LogP contribution in [0, 0.1) is 0 Å². The summed E-state index contributed by atoms with van der Waals surface area (Å²) in [7, 11) is 0. The Bertz CT molecular complexity index is 989. The number of para-hydroxylation sites is 2. The average molecular weight is 364 g/mol. The number of nitrogens with zero attached hydrogens (tertiary/aromatic N) is 1. The minimum absolute atomic E-state index is 0.100. The van der Waals surface area contributed by atoms with Crippen LogP contribution >= 0.6 is 0 Å². The zero-order valence-corrected chi connectivity index (χ0v) is 13.5. The van der Waals surface area contributed by atoms with Crippen LogP contribution < -0.4 is 5.69 Å². The number of aromatic amines is 1. The molecule has 0 unspecified atom stereocenters. The number of halogens is 3. The molecule has 0 radical (unpaired) electrons. The van der Waals surface area contributed by atoms with Gasteiger partial charge in [0.1, 0.15) is 0 Å². The first-order valence-corrected chi connectivity index (χ1v) is 7.89. The molecule has 0 aliphatic rings. The van der Waals surface area contributed by atoms with Crippen molar-refractivity contribution in [1.29, 1.82) is 0 Å². The molecule has 0 saturated carbocycles. The van der Waals surface area contributed by atoms with Crippen LogP contribution in [0.1, 0.15) is 22.3 Å². The number of imidazole rings is 1. The number of aryl methyl sites for hydroxylation is 1. The van der Waals surface area contributed by atoms with Crippen LogP contribution in [-0.4, -0.2) is 22.1 Å². The number of H-pyrrole nitrogens is 1. The lowest BCUT2D eigenvalue weighted by Crippen LogP contribution is -2.19. The van der Waals surface area contributed by atoms with Gasteiger partial charge in [-0.3, -0.25) is 4.57 Å². The fourth-order valence-corrected chi connectivity index (χ4v) is 2.70. The molecule has 0 fully saturated rings. The zero-order valence-electron chi connectivity index (χ0n) is 13.5. The predicted octanol–water partition coefficient (Wildman–Crippen LogP) is 3.60. The Morgan fingerprint density at radius 3 is 2.54 bits per heavy atom. The van der Waals surface area contributed by atoms with Gasteiger partial charge in [-0.1, -0.05) is 24.3 Å². The quantitative estimate of drug-likeness (QED) is 0.556. The van der Waals surface area contributed by atoms with Gasteiger partial charge in [-0.15, -0.1) is 0 Å². The second-order valence-corrected chi connectivity index (χ2v) is 5.63. The molecule has 136 valence electrons. The van der Waals surface area contributed by atoms with Crippen molar-refractivity contribution in [2.75, 3.05) is 6.61 Å². The van der Waals surface area contributed by atoms with Gasteiger partial charge in [0.2, 0.25) is 0 Å². The van der Waals surface area contributed by atoms with Gasteiger partial charge in [0.25, 0.3) is 0 Å². The summed E-state index contributed by atoms with van der Waals surface area (Å²) in [5, 5.41) is 0. The van der Waals surface area contributed by atoms with E-state index in [2.05, 4.69) is 4.98 Å². The van der Waals surface area contributed by atoms with Crippen molar-refractivity contribution in [3.8, 4) is 0 Å². The van der Waals surface area contributed by atoms with Crippen LogP contribution in [0.25, 0.3) is 11.0 Å². The van der Waals surface area contributed by atoms with Crippen LogP contribution in [-0.2, 0) is 17.5 Å². The maximum atomic E-state index is 12.9. The van der Waals surface area contributed by atoms with Gasteiger partial charge in [-0.2, -0.15) is 13.2 Å². The molecule has 8 heteroatoms. The van der Waals surface area contributed by atoms with E-state index < -0.39 is 23.3 Å². The molecular weight excluding hydrogens is 349 g/mol. The van der Waals surface area contributed by atoms with Crippen LogP contribution in [0.15, 0.2) is 53.3 Å². The molecule has 0 atom stereocenters. The molecule has 1 heterocycles. The van der Waals surface area contributed by atoms with Crippen molar-refractivity contribution in [3.05, 3.63) is 70.1 Å². The number of hydrogen-bond donors (Lipinski definition) is 1. The highest BCUT2D eigenvalue weighted by Crippen LogP contribution is 2.32. The van der Waals surface area contributed by atoms with Gasteiger partial charge in [-0.05, 0) is 30.7 Å². The first-order chi connectivity index (χ1) is 12.4. The molecule has 1 aromatic heterocycles. The molecule has 0 saturated heterocycles. The zero-order chi connectivity index (χ0) is 18.7. The van der Waals surface area contributed by atoms with Crippen molar-refractivity contribution in [3.63, 3.8) is 0 Å². The Hall–Kier alpha value is -3.03. The number of alkyl halides is 3. The van der Waals surface area contributed by atoms with Gasteiger partial charge >= 0.3 is 17.8 Å². The summed E-state index contributed by atoms with van der Waals surface area (Å²) in [4.78, 5) is 26.6. The summed E-state index contributed by atoms with van der Waals surface area (Å²) in [6.07, 6.45) is -4.34. The summed E-state index contributed by atoms with van der Waals surface area (Å²) in [6, 6.07) is 11.6. The Morgan fingerprint density at radius 2 is 1.77 bits per heavy atom. The van der Waals surface area contributed by atoms with Crippen LogP contribution in [0.2, 0.25) is 0 Å². The molecule has 5 nitrogen and oxygen atoms in total. The smallest absolute Gasteiger partial charge is 0.417 e. The summed E-state index contributed by atoms with van der Waals surface area (Å²) >= 11 is 0. The number of nitrogens with one attached hydrogen (secondary N) is 1. The number of carbonyl (C=O) groups excluding carboxylic acids is 1. The molecule has 1 N–H and O–H groups in total. The number of esters is 1. The number of rotatable bonds is 5. The molecular formula is C18H15F3N2O3. The molecule has 3 aromatic rings. The number of carbonyl (C=O) groups is 1. The summed E-state index contributed by atoms with van der Waals surface area (Å²) in [5.41, 5.74) is -0.443. The van der Waals surface area contributed by atoms with E-state index in [-0.39, 0.29) is 18.8 Å². The third-order valence-electron chi connectivity index (χ3n) is 3.89. The van der Waals surface area contributed by atoms with Crippen molar-refractivity contribution in [1.82, 2.24) is 9.55 Å². The van der Waals surface area contributed by atoms with E-state index in [0.29, 0.717) is 17.5 Å². The van der Waals surface area contributed by atoms with Crippen molar-refractivity contribution in [2.45, 2.75) is 19.1 Å². The molecule has 0 aliphatic carbocycles. The third kappa shape index (κ3) is 3.63. The van der Waals surface area contributed by atoms with Gasteiger partial charge in [0.15, 0.2) is 0 Å². The Morgan fingerprint density at radius 1 is 1.08 bits per heavy atom. The highest BCUT2D eigenvalue weighted by atomic mass is 19.4. The highest BCUT2D eigenvalue weighted by Gasteiger charge is 2.35. The lowest BCUT2D eigenvalue weighted by Gasteiger charge is -2.12. The Balaban J connectivity index is 1.63. The second-order valence-electron chi connectivity index (χ2n) is 5.63. The van der Waals surface area contributed by atoms with E-state index in [0.717, 1.165) is 12.1 Å². The number of aromatic nitrogens is 2. The lowest BCUT2D eigenvalue weighted by atomic mass is 10.1. The Labute approximate surface area is 146 Å². The van der Waals surface area contributed by atoms with E-state index >= 15 is 0 Å². The summed E-state index contributed by atoms with van der Waals surface area (Å²) in [6.45, 7) is 0.175. The second kappa shape index (κ2) is 7.07. The number of hydrogen-bond acceptors (Lipinski definition) is 3. The van der Waals surface area contributed by atoms with E-state index in [4.69, 9.17) is 4.74 Å². The summed E-state index contributed by atoms with van der Waals surface area (Å²) in [5.74, 6) is -1.04. The molecule has 3 rings (SSSR count). The number of benzene rings is 2. The third-order valence-corrected chi connectivity index (χ3v) is 3.89. The first-order valence-electron chi connectivity index (χ1n) is 7.89. The van der Waals surface area contributed by atoms with E-state index in [1.165, 1.54) is 16.7 Å². The minimum Gasteiger partial charge on any atom is -0.462 e. The van der Waals surface area contributed by atoms with Crippen LogP contribution in [0.5, 0.6) is 0 Å². The fourth-order valence-electron chi connectivity index (χ4n) is 2.70. The lowest BCUT2D eigenvalue weighted by molar-refractivity contribution is -0.138. The van der Waals surface area contributed by atoms with Gasteiger partial charge in [-0.25, -0.2) is 9.59 Å². The summed E-state index contributed by atoms with van der Waals surface area (Å²) < 4.78 is 45.2. The van der Waals surface area contributed by atoms with Gasteiger partial charge < -0.3 is 9.72 Å². The molecule has 2 aromatic carbocycles. The van der Waals surface area contributed by atoms with E-state index in [9.17, 15) is 22.8 Å². The van der Waals surface area contributed by atoms with Gasteiger partial charge in [0, 0.05) is 6.54 Å². The molecule has 0 amide bonds. The highest BCUT2D eigenvalue weighted by molar-refractivity contribution is 5.91. The van der Waals surface area contributed by atoms with Crippen molar-refractivity contribution >= 4 is 17.0 Å².